The van der Waals surface area contributed by atoms with E-state index in [2.05, 4.69) is 212 Å². The first-order chi connectivity index (χ1) is 49.0. The van der Waals surface area contributed by atoms with Gasteiger partial charge >= 0.3 is 28.5 Å². The van der Waals surface area contributed by atoms with Crippen LogP contribution in [0.15, 0.2) is 146 Å². The SMILES string of the molecule is CC1(C)OB(c2ccc(Cn3cnc4c(=S)nc[nH]c43)cc2)OC1(C)C.CC12CCCCC1(C)OB(c1ccc(Cn3cnc4c(=S)nc[nH]c43)cc1)O2.CC1OB(c2ccc(Cn3cnc4c(=S)nc[nH]c43)cc2)OC1(C)C.S=c1nc[nH]c2c1N=CC2Cc1ccc(B2OCCCO2)cc1. The summed E-state index contributed by atoms with van der Waals surface area (Å²) in [5.74, 6) is 0.211. The van der Waals surface area contributed by atoms with Crippen molar-refractivity contribution in [2.24, 2.45) is 4.99 Å². The number of hydrogen-bond acceptors (Lipinski definition) is 20. The number of fused-ring (bicyclic) bond motifs is 5. The Balaban J connectivity index is 0.000000116. The van der Waals surface area contributed by atoms with Crippen molar-refractivity contribution < 1.29 is 37.2 Å². The number of rotatable bonds is 12. The van der Waals surface area contributed by atoms with E-state index in [-0.39, 0.29) is 68.5 Å². The summed E-state index contributed by atoms with van der Waals surface area (Å²) in [5, 5.41) is 0. The quantitative estimate of drug-likeness (QED) is 0.0655. The van der Waals surface area contributed by atoms with Crippen molar-refractivity contribution in [3.8, 4) is 0 Å². The molecule has 5 fully saturated rings. The second-order valence-corrected chi connectivity index (χ2v) is 30.0. The van der Waals surface area contributed by atoms with Crippen molar-refractivity contribution >= 4 is 145 Å². The lowest BCUT2D eigenvalue weighted by atomic mass is 9.74. The molecule has 5 aliphatic heterocycles. The second kappa shape index (κ2) is 29.3. The number of imidazole rings is 3. The number of hydrogen-bond donors (Lipinski definition) is 4. The normalized spacial score (nSPS) is 21.5. The maximum Gasteiger partial charge on any atom is 0.494 e. The maximum absolute atomic E-state index is 6.40. The summed E-state index contributed by atoms with van der Waals surface area (Å²) in [5.41, 5.74) is 14.2. The van der Waals surface area contributed by atoms with Crippen molar-refractivity contribution in [3.63, 3.8) is 0 Å². The molecule has 17 rings (SSSR count). The van der Waals surface area contributed by atoms with E-state index in [0.29, 0.717) is 38.2 Å². The highest BCUT2D eigenvalue weighted by Gasteiger charge is 2.58. The van der Waals surface area contributed by atoms with Gasteiger partial charge in [-0.05, 0) is 132 Å². The van der Waals surface area contributed by atoms with E-state index in [1.807, 2.05) is 26.8 Å². The van der Waals surface area contributed by atoms with E-state index in [4.69, 9.17) is 86.1 Å². The van der Waals surface area contributed by atoms with Gasteiger partial charge in [0.1, 0.15) is 39.2 Å². The Morgan fingerprint density at radius 1 is 0.441 bits per heavy atom. The molecule has 0 amide bonds. The molecular weight excluding hydrogens is 1360 g/mol. The zero-order valence-corrected chi connectivity index (χ0v) is 61.7. The summed E-state index contributed by atoms with van der Waals surface area (Å²) in [6, 6.07) is 33.4. The van der Waals surface area contributed by atoms with Crippen molar-refractivity contribution in [2.45, 2.75) is 160 Å². The highest BCUT2D eigenvalue weighted by molar-refractivity contribution is 7.72. The van der Waals surface area contributed by atoms with Gasteiger partial charge in [0.15, 0.2) is 18.6 Å². The summed E-state index contributed by atoms with van der Waals surface area (Å²) in [6.07, 6.45) is 20.2. The van der Waals surface area contributed by atoms with Crippen molar-refractivity contribution in [2.75, 3.05) is 13.2 Å². The first-order valence-electron chi connectivity index (χ1n) is 34.4. The predicted octanol–water partition coefficient (Wildman–Crippen LogP) is 11.0. The first-order valence-corrected chi connectivity index (χ1v) is 36.0. The number of nitrogens with one attached hydrogen (secondary N) is 4. The zero-order valence-electron chi connectivity index (χ0n) is 58.4. The molecule has 11 aromatic rings. The van der Waals surface area contributed by atoms with Gasteiger partial charge in [-0.3, -0.25) is 4.99 Å². The number of aliphatic imine (C=N–C) groups is 1. The number of H-pyrrole nitrogens is 4. The molecule has 0 radical (unpaired) electrons. The lowest BCUT2D eigenvalue weighted by Crippen LogP contribution is -2.49. The third-order valence-corrected chi connectivity index (χ3v) is 21.8. The molecule has 23 nitrogen and oxygen atoms in total. The van der Waals surface area contributed by atoms with Gasteiger partial charge in [0, 0.05) is 25.3 Å². The van der Waals surface area contributed by atoms with Gasteiger partial charge in [0.25, 0.3) is 0 Å². The lowest BCUT2D eigenvalue weighted by Gasteiger charge is -2.43. The third kappa shape index (κ3) is 15.0. The van der Waals surface area contributed by atoms with E-state index in [1.54, 1.807) is 44.3 Å². The first kappa shape index (κ1) is 71.1. The van der Waals surface area contributed by atoms with Crippen LogP contribution in [0.2, 0.25) is 0 Å². The molecule has 7 aromatic heterocycles. The molecule has 4 aromatic carbocycles. The Bertz CT molecular complexity index is 5070. The van der Waals surface area contributed by atoms with Gasteiger partial charge in [-0.25, -0.2) is 34.9 Å². The van der Waals surface area contributed by atoms with Crippen LogP contribution in [0.1, 0.15) is 128 Å². The van der Waals surface area contributed by atoms with E-state index in [9.17, 15) is 0 Å². The summed E-state index contributed by atoms with van der Waals surface area (Å²) >= 11 is 20.9. The third-order valence-electron chi connectivity index (χ3n) is 20.6. The molecule has 4 unspecified atom stereocenters. The Morgan fingerprint density at radius 3 is 1.25 bits per heavy atom. The van der Waals surface area contributed by atoms with Gasteiger partial charge < -0.3 is 70.9 Å². The molecule has 0 spiro atoms. The van der Waals surface area contributed by atoms with Crippen LogP contribution in [0.3, 0.4) is 0 Å². The fraction of sp³-hybridized carbons (Fsp3) is 0.380. The van der Waals surface area contributed by atoms with E-state index >= 15 is 0 Å². The predicted molar refractivity (Wildman–Crippen MR) is 407 cm³/mol. The molecule has 31 heteroatoms. The monoisotopic (exact) mass is 1440 g/mol. The Labute approximate surface area is 613 Å². The van der Waals surface area contributed by atoms with Crippen molar-refractivity contribution in [1.82, 2.24) is 68.5 Å². The minimum atomic E-state index is -0.342. The summed E-state index contributed by atoms with van der Waals surface area (Å²) < 4.78 is 56.4. The van der Waals surface area contributed by atoms with Gasteiger partial charge in [-0.1, -0.05) is 159 Å². The van der Waals surface area contributed by atoms with Gasteiger partial charge in [0.2, 0.25) is 0 Å². The number of aromatic amines is 4. The zero-order chi connectivity index (χ0) is 71.1. The van der Waals surface area contributed by atoms with Crippen molar-refractivity contribution in [3.05, 3.63) is 188 Å². The minimum Gasteiger partial charge on any atom is -0.407 e. The van der Waals surface area contributed by atoms with Crippen molar-refractivity contribution in [1.29, 1.82) is 0 Å². The van der Waals surface area contributed by atoms with Crippen LogP contribution >= 0.6 is 48.9 Å². The number of benzene rings is 4. The van der Waals surface area contributed by atoms with Crippen LogP contribution in [-0.2, 0) is 63.3 Å². The smallest absolute Gasteiger partial charge is 0.407 e. The van der Waals surface area contributed by atoms with Gasteiger partial charge in [-0.15, -0.1) is 0 Å². The Morgan fingerprint density at radius 2 is 0.824 bits per heavy atom. The standard InChI is InChI=1S/C20H23BN4O2S.C18H21BN4O2S.C17H19BN4O2S.C16H16BN3O2S/c1-19-9-3-4-10-20(19,2)27-21(26-19)15-7-5-14(6-8-15)11-25-13-24-16-17(25)22-12-23-18(16)28;1-17(2)18(3,4)25-19(24-17)13-7-5-12(6-8-13)9-23-11-22-14-15(23)20-10-21-16(14)26;1-11-17(2,3)24-18(23-11)13-6-4-12(5-7-13)8-22-10-21-14-15(22)19-9-20-16(14)25;23-16-15-14(19-10-20-16)12(9-18-15)8-11-2-4-13(5-3-11)17-21-6-1-7-22-17/h5-8,12-13H,3-4,9-11H2,1-2H3,(H,22,23,28);5-8,10-11H,9H2,1-4H3,(H,20,21,26);4-7,9-11H,8H2,1-3H3,(H,19,20,25);2-5,9-10,12H,1,6-8H2,(H,19,20,23). The molecule has 1 aliphatic carbocycles. The topological polar surface area (TPSA) is 254 Å². The molecule has 6 aliphatic rings. The number of aromatic nitrogens is 14. The fourth-order valence-corrected chi connectivity index (χ4v) is 14.1. The van der Waals surface area contributed by atoms with Crippen LogP contribution in [0.25, 0.3) is 33.5 Å². The van der Waals surface area contributed by atoms with Crippen LogP contribution in [0, 0.1) is 18.6 Å². The van der Waals surface area contributed by atoms with Crippen LogP contribution < -0.4 is 21.9 Å². The summed E-state index contributed by atoms with van der Waals surface area (Å²) in [4.78, 5) is 46.3. The summed E-state index contributed by atoms with van der Waals surface area (Å²) in [6.45, 7) is 22.4. The minimum absolute atomic E-state index is 0.0613. The Kier molecular flexibility index (Phi) is 20.4. The van der Waals surface area contributed by atoms with Crippen LogP contribution in [0.5, 0.6) is 0 Å². The molecule has 4 saturated heterocycles. The largest absolute Gasteiger partial charge is 0.494 e. The molecule has 0 bridgehead atoms. The van der Waals surface area contributed by atoms with Crippen LogP contribution in [-0.4, -0.2) is 151 Å². The van der Waals surface area contributed by atoms with Crippen LogP contribution in [0.4, 0.5) is 5.69 Å². The molecule has 1 saturated carbocycles. The average molecular weight is 1440 g/mol. The van der Waals surface area contributed by atoms with E-state index in [1.165, 1.54) is 24.0 Å². The number of nitrogens with zero attached hydrogens (tertiary/aromatic N) is 11. The lowest BCUT2D eigenvalue weighted by molar-refractivity contribution is -0.0556. The highest BCUT2D eigenvalue weighted by atomic mass is 32.1. The molecule has 102 heavy (non-hydrogen) atoms. The van der Waals surface area contributed by atoms with Gasteiger partial charge in [-0.2, -0.15) is 0 Å². The molecule has 522 valence electrons. The second-order valence-electron chi connectivity index (χ2n) is 28.4. The molecule has 12 heterocycles. The fourth-order valence-electron chi connectivity index (χ4n) is 13.3. The molecule has 4 atom stereocenters. The molecule has 4 N–H and O–H groups in total. The Hall–Kier alpha value is -7.90. The average Bonchev–Trinajstić information content (AvgIpc) is 1.61. The highest BCUT2D eigenvalue weighted by Crippen LogP contribution is 2.47. The molecular formula is C71H79B4N15O8S4. The van der Waals surface area contributed by atoms with E-state index in [0.717, 1.165) is 117 Å². The maximum atomic E-state index is 6.40. The van der Waals surface area contributed by atoms with E-state index < -0.39 is 0 Å². The summed E-state index contributed by atoms with van der Waals surface area (Å²) in [7, 11) is -1.17. The van der Waals surface area contributed by atoms with Gasteiger partial charge in [0.05, 0.1) is 104 Å².